The summed E-state index contributed by atoms with van der Waals surface area (Å²) in [5, 5.41) is 23.7. The molecule has 0 aliphatic heterocycles. The molecule has 12 heteroatoms. The highest BCUT2D eigenvalue weighted by Crippen LogP contribution is 2.34. The first kappa shape index (κ1) is 20.1. The third-order valence-corrected chi connectivity index (χ3v) is 2.98. The third kappa shape index (κ3) is 5.90. The van der Waals surface area contributed by atoms with E-state index in [0.717, 1.165) is 6.07 Å². The molecule has 0 radical (unpaired) electrons. The van der Waals surface area contributed by atoms with Gasteiger partial charge in [0.05, 0.1) is 10.5 Å². The first-order chi connectivity index (χ1) is 11.6. The lowest BCUT2D eigenvalue weighted by Crippen LogP contribution is -2.42. The Morgan fingerprint density at radius 1 is 1.32 bits per heavy atom. The van der Waals surface area contributed by atoms with Gasteiger partial charge in [-0.2, -0.15) is 13.2 Å². The topological polar surface area (TPSA) is 122 Å². The second-order valence-electron chi connectivity index (χ2n) is 4.78. The predicted octanol–water partition coefficient (Wildman–Crippen LogP) is 1.95. The number of aliphatic carboxylic acids is 1. The van der Waals surface area contributed by atoms with E-state index in [-0.39, 0.29) is 18.7 Å². The second kappa shape index (κ2) is 8.26. The Morgan fingerprint density at radius 2 is 1.96 bits per heavy atom. The smallest absolute Gasteiger partial charge is 0.416 e. The van der Waals surface area contributed by atoms with Gasteiger partial charge in [0.1, 0.15) is 12.4 Å². The predicted molar refractivity (Wildman–Crippen MR) is 76.7 cm³/mol. The minimum absolute atomic E-state index is 0.239. The van der Waals surface area contributed by atoms with Crippen molar-refractivity contribution >= 4 is 23.3 Å². The average Bonchev–Trinajstić information content (AvgIpc) is 2.51. The lowest BCUT2D eigenvalue weighted by atomic mass is 10.1. The summed E-state index contributed by atoms with van der Waals surface area (Å²) in [5.74, 6) is -2.41. The lowest BCUT2D eigenvalue weighted by Gasteiger charge is -2.12. The first-order valence-electron chi connectivity index (χ1n) is 6.74. The number of rotatable bonds is 8. The molecule has 0 aliphatic rings. The number of anilines is 1. The van der Waals surface area contributed by atoms with Gasteiger partial charge in [-0.05, 0) is 12.1 Å². The zero-order valence-electron chi connectivity index (χ0n) is 12.5. The highest BCUT2D eigenvalue weighted by molar-refractivity contribution is 5.83. The summed E-state index contributed by atoms with van der Waals surface area (Å²) in [5.41, 5.74) is -2.27. The molecule has 1 aromatic carbocycles. The Labute approximate surface area is 138 Å². The number of hydrogen-bond acceptors (Lipinski definition) is 5. The Hall–Kier alpha value is -2.92. The van der Waals surface area contributed by atoms with Crippen molar-refractivity contribution in [1.82, 2.24) is 5.32 Å². The Balaban J connectivity index is 2.73. The summed E-state index contributed by atoms with van der Waals surface area (Å²) < 4.78 is 50.1. The van der Waals surface area contributed by atoms with Crippen LogP contribution in [0.4, 0.5) is 28.9 Å². The lowest BCUT2D eigenvalue weighted by molar-refractivity contribution is -0.384. The van der Waals surface area contributed by atoms with Crippen LogP contribution < -0.4 is 10.6 Å². The van der Waals surface area contributed by atoms with Gasteiger partial charge in [0.2, 0.25) is 5.91 Å². The van der Waals surface area contributed by atoms with Crippen LogP contribution in [-0.2, 0) is 15.8 Å². The number of carboxylic acids is 1. The van der Waals surface area contributed by atoms with Gasteiger partial charge in [0.15, 0.2) is 6.04 Å². The Kier molecular flexibility index (Phi) is 6.65. The molecule has 0 fully saturated rings. The molecular formula is C13H13F4N3O5. The largest absolute Gasteiger partial charge is 0.480 e. The van der Waals surface area contributed by atoms with Crippen molar-refractivity contribution < 1.29 is 37.2 Å². The van der Waals surface area contributed by atoms with Crippen molar-refractivity contribution in [2.24, 2.45) is 0 Å². The summed E-state index contributed by atoms with van der Waals surface area (Å²) in [4.78, 5) is 31.9. The number of nitrogens with zero attached hydrogens (tertiary/aromatic N) is 1. The van der Waals surface area contributed by atoms with Crippen LogP contribution in [0, 0.1) is 10.1 Å². The van der Waals surface area contributed by atoms with Crippen molar-refractivity contribution in [2.75, 3.05) is 18.5 Å². The van der Waals surface area contributed by atoms with Crippen molar-refractivity contribution in [3.8, 4) is 0 Å². The number of nitro benzene ring substituents is 1. The van der Waals surface area contributed by atoms with Crippen LogP contribution >= 0.6 is 0 Å². The maximum atomic E-state index is 12.6. The van der Waals surface area contributed by atoms with E-state index in [1.807, 2.05) is 5.32 Å². The van der Waals surface area contributed by atoms with E-state index < -0.39 is 46.9 Å². The van der Waals surface area contributed by atoms with Crippen molar-refractivity contribution in [3.63, 3.8) is 0 Å². The fourth-order valence-electron chi connectivity index (χ4n) is 1.75. The Morgan fingerprint density at radius 3 is 2.44 bits per heavy atom. The summed E-state index contributed by atoms with van der Waals surface area (Å²) in [6.45, 7) is -1.56. The molecule has 0 bridgehead atoms. The zero-order chi connectivity index (χ0) is 19.2. The van der Waals surface area contributed by atoms with Gasteiger partial charge in [0, 0.05) is 19.0 Å². The molecule has 0 aliphatic carbocycles. The quantitative estimate of drug-likeness (QED) is 0.367. The van der Waals surface area contributed by atoms with E-state index in [4.69, 9.17) is 5.11 Å². The second-order valence-corrected chi connectivity index (χ2v) is 4.78. The molecule has 138 valence electrons. The molecule has 1 atom stereocenters. The number of nitro groups is 1. The standard InChI is InChI=1S/C13H13F4N3O5/c14-6-9(12(22)23)19-11(21)3-4-18-8-2-1-7(13(15,16)17)5-10(8)20(24)25/h1-2,5,9,18H,3-4,6H2,(H,19,21)(H,22,23). The van der Waals surface area contributed by atoms with Crippen molar-refractivity contribution in [3.05, 3.63) is 33.9 Å². The van der Waals surface area contributed by atoms with Crippen LogP contribution in [0.25, 0.3) is 0 Å². The van der Waals surface area contributed by atoms with Gasteiger partial charge in [-0.15, -0.1) is 0 Å². The van der Waals surface area contributed by atoms with Crippen molar-refractivity contribution in [2.45, 2.75) is 18.6 Å². The number of halogens is 4. The molecule has 3 N–H and O–H groups in total. The number of nitrogens with one attached hydrogen (secondary N) is 2. The minimum Gasteiger partial charge on any atom is -0.480 e. The molecule has 0 saturated heterocycles. The summed E-state index contributed by atoms with van der Waals surface area (Å²) >= 11 is 0. The minimum atomic E-state index is -4.75. The number of alkyl halides is 4. The molecule has 1 aromatic rings. The van der Waals surface area contributed by atoms with Gasteiger partial charge in [0.25, 0.3) is 5.69 Å². The molecule has 1 amide bonds. The SMILES string of the molecule is O=C(CCNc1ccc(C(F)(F)F)cc1[N+](=O)[O-])NC(CF)C(=O)O. The fourth-order valence-corrected chi connectivity index (χ4v) is 1.75. The van der Waals surface area contributed by atoms with Gasteiger partial charge < -0.3 is 15.7 Å². The van der Waals surface area contributed by atoms with Crippen LogP contribution in [0.3, 0.4) is 0 Å². The molecule has 8 nitrogen and oxygen atoms in total. The molecular weight excluding hydrogens is 354 g/mol. The van der Waals surface area contributed by atoms with Crippen LogP contribution in [0.2, 0.25) is 0 Å². The molecule has 0 heterocycles. The Bertz CT molecular complexity index is 666. The summed E-state index contributed by atoms with van der Waals surface area (Å²) in [6.07, 6.45) is -5.12. The van der Waals surface area contributed by atoms with Crippen LogP contribution in [-0.4, -0.2) is 41.2 Å². The van der Waals surface area contributed by atoms with Gasteiger partial charge in [-0.1, -0.05) is 0 Å². The highest BCUT2D eigenvalue weighted by Gasteiger charge is 2.33. The molecule has 0 saturated carbocycles. The van der Waals surface area contributed by atoms with Gasteiger partial charge in [-0.25, -0.2) is 9.18 Å². The summed E-state index contributed by atoms with van der Waals surface area (Å²) in [6, 6.07) is 0.124. The molecule has 1 unspecified atom stereocenters. The number of amides is 1. The van der Waals surface area contributed by atoms with E-state index >= 15 is 0 Å². The number of carbonyl (C=O) groups excluding carboxylic acids is 1. The first-order valence-corrected chi connectivity index (χ1v) is 6.74. The average molecular weight is 367 g/mol. The molecule has 25 heavy (non-hydrogen) atoms. The number of benzene rings is 1. The summed E-state index contributed by atoms with van der Waals surface area (Å²) in [7, 11) is 0. The molecule has 1 rings (SSSR count). The van der Waals surface area contributed by atoms with E-state index in [1.54, 1.807) is 0 Å². The van der Waals surface area contributed by atoms with Crippen LogP contribution in [0.1, 0.15) is 12.0 Å². The normalized spacial score (nSPS) is 12.3. The molecule has 0 aromatic heterocycles. The zero-order valence-corrected chi connectivity index (χ0v) is 12.5. The van der Waals surface area contributed by atoms with Crippen LogP contribution in [0.15, 0.2) is 18.2 Å². The van der Waals surface area contributed by atoms with Crippen LogP contribution in [0.5, 0.6) is 0 Å². The maximum Gasteiger partial charge on any atom is 0.416 e. The monoisotopic (exact) mass is 367 g/mol. The number of carboxylic acid groups (broad SMARTS) is 1. The van der Waals surface area contributed by atoms with E-state index in [1.165, 1.54) is 0 Å². The van der Waals surface area contributed by atoms with Gasteiger partial charge >= 0.3 is 12.1 Å². The third-order valence-electron chi connectivity index (χ3n) is 2.98. The fraction of sp³-hybridized carbons (Fsp3) is 0.385. The van der Waals surface area contributed by atoms with E-state index in [9.17, 15) is 37.3 Å². The van der Waals surface area contributed by atoms with E-state index in [2.05, 4.69) is 5.32 Å². The van der Waals surface area contributed by atoms with E-state index in [0.29, 0.717) is 12.1 Å². The van der Waals surface area contributed by atoms with Crippen molar-refractivity contribution in [1.29, 1.82) is 0 Å². The maximum absolute atomic E-state index is 12.6. The number of carbonyl (C=O) groups is 2. The molecule has 0 spiro atoms. The van der Waals surface area contributed by atoms with Gasteiger partial charge in [-0.3, -0.25) is 14.9 Å². The number of hydrogen-bond donors (Lipinski definition) is 3. The highest BCUT2D eigenvalue weighted by atomic mass is 19.4.